The molecule has 0 aliphatic rings. The zero-order valence-electron chi connectivity index (χ0n) is 5.95. The molecule has 0 amide bonds. The van der Waals surface area contributed by atoms with E-state index in [2.05, 4.69) is 10.0 Å². The van der Waals surface area contributed by atoms with Gasteiger partial charge in [-0.15, -0.1) is 0 Å². The molecular formula is C7H6ClN3. The first kappa shape index (κ1) is 7.92. The van der Waals surface area contributed by atoms with Crippen LogP contribution in [0.15, 0.2) is 23.3 Å². The topological polar surface area (TPSA) is 48.8 Å². The molecule has 1 aromatic rings. The Balaban J connectivity index is 3.18. The SMILES string of the molecule is Cc1cc(Cl)cc(N=[N+]=[N-])c1. The van der Waals surface area contributed by atoms with E-state index in [-0.39, 0.29) is 0 Å². The van der Waals surface area contributed by atoms with Gasteiger partial charge in [0.05, 0.1) is 0 Å². The van der Waals surface area contributed by atoms with Crippen molar-refractivity contribution < 1.29 is 0 Å². The van der Waals surface area contributed by atoms with E-state index in [9.17, 15) is 0 Å². The summed E-state index contributed by atoms with van der Waals surface area (Å²) in [6.45, 7) is 1.89. The van der Waals surface area contributed by atoms with Crippen molar-refractivity contribution in [2.24, 2.45) is 5.11 Å². The van der Waals surface area contributed by atoms with Crippen molar-refractivity contribution in [2.45, 2.75) is 6.92 Å². The van der Waals surface area contributed by atoms with Crippen LogP contribution >= 0.6 is 11.6 Å². The molecule has 0 aromatic heterocycles. The molecule has 0 radical (unpaired) electrons. The maximum atomic E-state index is 8.12. The molecule has 0 saturated carbocycles. The van der Waals surface area contributed by atoms with Crippen molar-refractivity contribution in [3.63, 3.8) is 0 Å². The zero-order chi connectivity index (χ0) is 8.27. The van der Waals surface area contributed by atoms with Crippen LogP contribution in [0, 0.1) is 6.92 Å². The van der Waals surface area contributed by atoms with Gasteiger partial charge in [-0.1, -0.05) is 16.7 Å². The predicted octanol–water partition coefficient (Wildman–Crippen LogP) is 3.59. The Bertz CT molecular complexity index is 295. The van der Waals surface area contributed by atoms with E-state index in [1.807, 2.05) is 6.92 Å². The molecule has 0 unspecified atom stereocenters. The average Bonchev–Trinajstić information content (AvgIpc) is 1.85. The Morgan fingerprint density at radius 2 is 2.18 bits per heavy atom. The summed E-state index contributed by atoms with van der Waals surface area (Å²) in [5.41, 5.74) is 9.66. The van der Waals surface area contributed by atoms with Gasteiger partial charge in [-0.25, -0.2) is 0 Å². The Morgan fingerprint density at radius 3 is 2.73 bits per heavy atom. The molecule has 0 spiro atoms. The average molecular weight is 168 g/mol. The minimum atomic E-state index is 0.553. The summed E-state index contributed by atoms with van der Waals surface area (Å²) < 4.78 is 0. The van der Waals surface area contributed by atoms with Gasteiger partial charge >= 0.3 is 0 Å². The van der Waals surface area contributed by atoms with Crippen LogP contribution in [0.3, 0.4) is 0 Å². The van der Waals surface area contributed by atoms with Crippen molar-refractivity contribution in [3.05, 3.63) is 39.2 Å². The number of nitrogens with zero attached hydrogens (tertiary/aromatic N) is 3. The number of benzene rings is 1. The maximum Gasteiger partial charge on any atom is 0.0413 e. The minimum Gasteiger partial charge on any atom is -0.0843 e. The summed E-state index contributed by atoms with van der Waals surface area (Å²) in [6, 6.07) is 5.19. The highest BCUT2D eigenvalue weighted by Gasteiger charge is 1.92. The van der Waals surface area contributed by atoms with Crippen molar-refractivity contribution in [3.8, 4) is 0 Å². The van der Waals surface area contributed by atoms with Gasteiger partial charge < -0.3 is 0 Å². The van der Waals surface area contributed by atoms with Crippen molar-refractivity contribution in [1.82, 2.24) is 0 Å². The molecule has 56 valence electrons. The van der Waals surface area contributed by atoms with E-state index in [4.69, 9.17) is 17.1 Å². The Labute approximate surface area is 69.2 Å². The lowest BCUT2D eigenvalue weighted by atomic mass is 10.2. The number of rotatable bonds is 1. The molecule has 4 heteroatoms. The lowest BCUT2D eigenvalue weighted by Gasteiger charge is -1.95. The summed E-state index contributed by atoms with van der Waals surface area (Å²) in [7, 11) is 0. The molecule has 0 atom stereocenters. The number of hydrogen-bond donors (Lipinski definition) is 0. The molecule has 1 rings (SSSR count). The first-order chi connectivity index (χ1) is 5.22. The van der Waals surface area contributed by atoms with Crippen LogP contribution < -0.4 is 0 Å². The molecule has 0 aliphatic carbocycles. The molecule has 0 bridgehead atoms. The molecule has 11 heavy (non-hydrogen) atoms. The number of aryl methyl sites for hydroxylation is 1. The van der Waals surface area contributed by atoms with Gasteiger partial charge in [0, 0.05) is 15.6 Å². The van der Waals surface area contributed by atoms with Gasteiger partial charge in [0.1, 0.15) is 0 Å². The Hall–Kier alpha value is -1.18. The van der Waals surface area contributed by atoms with Gasteiger partial charge in [-0.05, 0) is 36.2 Å². The summed E-state index contributed by atoms with van der Waals surface area (Å²) >= 11 is 5.70. The summed E-state index contributed by atoms with van der Waals surface area (Å²) in [5.74, 6) is 0. The number of hydrogen-bond acceptors (Lipinski definition) is 1. The molecule has 0 fully saturated rings. The molecule has 1 aromatic carbocycles. The van der Waals surface area contributed by atoms with Crippen molar-refractivity contribution >= 4 is 17.3 Å². The zero-order valence-corrected chi connectivity index (χ0v) is 6.71. The smallest absolute Gasteiger partial charge is 0.0413 e. The lowest BCUT2D eigenvalue weighted by Crippen LogP contribution is -1.70. The van der Waals surface area contributed by atoms with Gasteiger partial charge in [0.15, 0.2) is 0 Å². The molecule has 0 saturated heterocycles. The van der Waals surface area contributed by atoms with Crippen molar-refractivity contribution in [2.75, 3.05) is 0 Å². The molecule has 0 heterocycles. The molecular weight excluding hydrogens is 162 g/mol. The molecule has 0 N–H and O–H groups in total. The highest BCUT2D eigenvalue weighted by Crippen LogP contribution is 2.20. The number of azide groups is 1. The van der Waals surface area contributed by atoms with Gasteiger partial charge in [0.25, 0.3) is 0 Å². The van der Waals surface area contributed by atoms with Gasteiger partial charge in [-0.2, -0.15) is 0 Å². The van der Waals surface area contributed by atoms with Crippen LogP contribution in [-0.2, 0) is 0 Å². The van der Waals surface area contributed by atoms with Crippen LogP contribution in [0.1, 0.15) is 5.56 Å². The Morgan fingerprint density at radius 1 is 1.45 bits per heavy atom. The third kappa shape index (κ3) is 2.15. The van der Waals surface area contributed by atoms with Gasteiger partial charge in [-0.3, -0.25) is 0 Å². The third-order valence-electron chi connectivity index (χ3n) is 1.19. The second-order valence-corrected chi connectivity index (χ2v) is 2.61. The van der Waals surface area contributed by atoms with E-state index in [1.54, 1.807) is 18.2 Å². The van der Waals surface area contributed by atoms with E-state index in [1.165, 1.54) is 0 Å². The van der Waals surface area contributed by atoms with E-state index < -0.39 is 0 Å². The lowest BCUT2D eigenvalue weighted by molar-refractivity contribution is 1.41. The number of halogens is 1. The highest BCUT2D eigenvalue weighted by molar-refractivity contribution is 6.30. The molecule has 0 aliphatic heterocycles. The Kier molecular flexibility index (Phi) is 2.36. The normalized spacial score (nSPS) is 8.91. The van der Waals surface area contributed by atoms with Gasteiger partial charge in [0.2, 0.25) is 0 Å². The third-order valence-corrected chi connectivity index (χ3v) is 1.41. The predicted molar refractivity (Wildman–Crippen MR) is 45.0 cm³/mol. The monoisotopic (exact) mass is 167 g/mol. The fourth-order valence-corrected chi connectivity index (χ4v) is 1.11. The maximum absolute atomic E-state index is 8.12. The highest BCUT2D eigenvalue weighted by atomic mass is 35.5. The quantitative estimate of drug-likeness (QED) is 0.349. The van der Waals surface area contributed by atoms with Crippen molar-refractivity contribution in [1.29, 1.82) is 0 Å². The standard InChI is InChI=1S/C7H6ClN3/c1-5-2-6(8)4-7(3-5)10-11-9/h2-4H,1H3. The van der Waals surface area contributed by atoms with Crippen LogP contribution in [0.4, 0.5) is 5.69 Å². The summed E-state index contributed by atoms with van der Waals surface area (Å²) in [4.78, 5) is 2.65. The summed E-state index contributed by atoms with van der Waals surface area (Å²) in [5, 5.41) is 4.01. The van der Waals surface area contributed by atoms with E-state index in [0.29, 0.717) is 10.7 Å². The fraction of sp³-hybridized carbons (Fsp3) is 0.143. The molecule has 3 nitrogen and oxygen atoms in total. The fourth-order valence-electron chi connectivity index (χ4n) is 0.826. The van der Waals surface area contributed by atoms with Crippen LogP contribution in [0.25, 0.3) is 10.4 Å². The first-order valence-corrected chi connectivity index (χ1v) is 3.42. The minimum absolute atomic E-state index is 0.553. The second kappa shape index (κ2) is 3.28. The van der Waals surface area contributed by atoms with E-state index in [0.717, 1.165) is 5.56 Å². The van der Waals surface area contributed by atoms with Crippen LogP contribution in [-0.4, -0.2) is 0 Å². The largest absolute Gasteiger partial charge is 0.0843 e. The van der Waals surface area contributed by atoms with Crippen LogP contribution in [0.2, 0.25) is 5.02 Å². The first-order valence-electron chi connectivity index (χ1n) is 3.04. The second-order valence-electron chi connectivity index (χ2n) is 2.18. The van der Waals surface area contributed by atoms with Crippen LogP contribution in [0.5, 0.6) is 0 Å². The summed E-state index contributed by atoms with van der Waals surface area (Å²) in [6.07, 6.45) is 0. The van der Waals surface area contributed by atoms with E-state index >= 15 is 0 Å².